The molecule has 0 saturated heterocycles. The smallest absolute Gasteiger partial charge is 0.185 e. The van der Waals surface area contributed by atoms with Gasteiger partial charge in [-0.15, -0.1) is 0 Å². The summed E-state index contributed by atoms with van der Waals surface area (Å²) in [7, 11) is 0. The van der Waals surface area contributed by atoms with Crippen molar-refractivity contribution in [3.63, 3.8) is 0 Å². The molecule has 1 aliphatic carbocycles. The summed E-state index contributed by atoms with van der Waals surface area (Å²) in [6.45, 7) is 0. The van der Waals surface area contributed by atoms with Crippen LogP contribution in [0.4, 0.5) is 0 Å². The number of hydrogen-bond donors (Lipinski definition) is 1. The topological polar surface area (TPSA) is 35.8 Å². The molecule has 0 bridgehead atoms. The van der Waals surface area contributed by atoms with Gasteiger partial charge in [-0.3, -0.25) is 5.73 Å². The van der Waals surface area contributed by atoms with E-state index in [0.29, 0.717) is 6.04 Å². The lowest BCUT2D eigenvalue weighted by Gasteiger charge is -2.25. The van der Waals surface area contributed by atoms with Gasteiger partial charge in [0.25, 0.3) is 0 Å². The third kappa shape index (κ3) is 1.33. The highest BCUT2D eigenvalue weighted by Gasteiger charge is 2.16. The van der Waals surface area contributed by atoms with Crippen LogP contribution in [-0.4, -0.2) is 11.2 Å². The lowest BCUT2D eigenvalue weighted by molar-refractivity contribution is 0.384. The highest BCUT2D eigenvalue weighted by atomic mass is 32.1. The first kappa shape index (κ1) is 5.82. The Balaban J connectivity index is 2.09. The van der Waals surface area contributed by atoms with E-state index in [4.69, 9.17) is 5.73 Å². The second-order valence-corrected chi connectivity index (χ2v) is 2.51. The van der Waals surface area contributed by atoms with Gasteiger partial charge in [-0.25, -0.2) is 0 Å². The van der Waals surface area contributed by atoms with Gasteiger partial charge < -0.3 is 5.32 Å². The zero-order valence-corrected chi connectivity index (χ0v) is 5.42. The Morgan fingerprint density at radius 2 is 2.25 bits per heavy atom. The van der Waals surface area contributed by atoms with Crippen molar-refractivity contribution in [2.24, 2.45) is 0 Å². The summed E-state index contributed by atoms with van der Waals surface area (Å²) in [6.07, 6.45) is 3.68. The summed E-state index contributed by atoms with van der Waals surface area (Å²) in [5, 5.41) is 3.07. The van der Waals surface area contributed by atoms with Gasteiger partial charge in [0.15, 0.2) is 5.11 Å². The highest BCUT2D eigenvalue weighted by Crippen LogP contribution is 2.17. The molecule has 1 rings (SSSR count). The lowest BCUT2D eigenvalue weighted by atomic mass is 9.93. The Morgan fingerprint density at radius 3 is 2.38 bits per heavy atom. The molecule has 0 amide bonds. The van der Waals surface area contributed by atoms with Gasteiger partial charge in [0.1, 0.15) is 0 Å². The van der Waals surface area contributed by atoms with Crippen molar-refractivity contribution in [3.8, 4) is 0 Å². The van der Waals surface area contributed by atoms with Gasteiger partial charge in [-0.1, -0.05) is 0 Å². The first-order valence-corrected chi connectivity index (χ1v) is 3.22. The first-order chi connectivity index (χ1) is 3.79. The largest absolute Gasteiger partial charge is 0.359 e. The highest BCUT2D eigenvalue weighted by molar-refractivity contribution is 7.80. The van der Waals surface area contributed by atoms with Crippen LogP contribution in [0, 0.1) is 0 Å². The van der Waals surface area contributed by atoms with Crippen LogP contribution >= 0.6 is 12.2 Å². The van der Waals surface area contributed by atoms with E-state index >= 15 is 0 Å². The third-order valence-corrected chi connectivity index (χ3v) is 1.56. The van der Waals surface area contributed by atoms with Crippen LogP contribution < -0.4 is 11.1 Å². The summed E-state index contributed by atoms with van der Waals surface area (Å²) in [5.41, 5.74) is 6.87. The predicted octanol–water partition coefficient (Wildman–Crippen LogP) is 0.696. The molecule has 0 aromatic rings. The number of rotatable bonds is 1. The molecular weight excluding hydrogens is 120 g/mol. The molecule has 2 nitrogen and oxygen atoms in total. The van der Waals surface area contributed by atoms with Crippen molar-refractivity contribution in [1.29, 1.82) is 0 Å². The standard InChI is InChI=1S/C5H9N2S/c6-5(8)7-4-2-1-3-4/h4,6H,1-3H2,(H,7,8). The van der Waals surface area contributed by atoms with Crippen LogP contribution in [-0.2, 0) is 0 Å². The Bertz CT molecular complexity index is 98.6. The van der Waals surface area contributed by atoms with Gasteiger partial charge in [0, 0.05) is 6.04 Å². The minimum absolute atomic E-state index is 0.190. The first-order valence-electron chi connectivity index (χ1n) is 2.81. The molecule has 1 aliphatic rings. The normalized spacial score (nSPS) is 19.5. The van der Waals surface area contributed by atoms with Gasteiger partial charge in [0.2, 0.25) is 0 Å². The van der Waals surface area contributed by atoms with E-state index in [0.717, 1.165) is 0 Å². The maximum absolute atomic E-state index is 6.87. The maximum Gasteiger partial charge on any atom is 0.185 e. The van der Waals surface area contributed by atoms with Crippen LogP contribution in [0.2, 0.25) is 0 Å². The minimum atomic E-state index is 0.190. The van der Waals surface area contributed by atoms with Crippen LogP contribution in [0.1, 0.15) is 19.3 Å². The zero-order chi connectivity index (χ0) is 5.98. The van der Waals surface area contributed by atoms with E-state index < -0.39 is 0 Å². The Hall–Kier alpha value is -0.310. The van der Waals surface area contributed by atoms with Crippen molar-refractivity contribution < 1.29 is 0 Å². The average molecular weight is 129 g/mol. The molecule has 0 aromatic carbocycles. The summed E-state index contributed by atoms with van der Waals surface area (Å²) in [6, 6.07) is 0.528. The third-order valence-electron chi connectivity index (χ3n) is 1.44. The fourth-order valence-electron chi connectivity index (χ4n) is 0.738. The molecule has 2 N–H and O–H groups in total. The van der Waals surface area contributed by atoms with Gasteiger partial charge in [-0.2, -0.15) is 0 Å². The summed E-state index contributed by atoms with van der Waals surface area (Å²) >= 11 is 4.53. The van der Waals surface area contributed by atoms with E-state index in [2.05, 4.69) is 17.5 Å². The van der Waals surface area contributed by atoms with Gasteiger partial charge in [-0.05, 0) is 31.5 Å². The molecule has 1 saturated carbocycles. The molecule has 3 heteroatoms. The quantitative estimate of drug-likeness (QED) is 0.529. The van der Waals surface area contributed by atoms with Crippen molar-refractivity contribution in [2.45, 2.75) is 25.3 Å². The van der Waals surface area contributed by atoms with E-state index in [1.54, 1.807) is 0 Å². The van der Waals surface area contributed by atoms with E-state index in [-0.39, 0.29) is 5.11 Å². The van der Waals surface area contributed by atoms with E-state index in [9.17, 15) is 0 Å². The van der Waals surface area contributed by atoms with Crippen LogP contribution in [0.25, 0.3) is 0 Å². The summed E-state index contributed by atoms with van der Waals surface area (Å²) < 4.78 is 0. The van der Waals surface area contributed by atoms with Crippen LogP contribution in [0.3, 0.4) is 0 Å². The SMILES string of the molecule is [NH]C(=S)NC1CCC1. The summed E-state index contributed by atoms with van der Waals surface area (Å²) in [4.78, 5) is 0. The van der Waals surface area contributed by atoms with E-state index in [1.165, 1.54) is 19.3 Å². The molecule has 0 atom stereocenters. The van der Waals surface area contributed by atoms with Crippen LogP contribution in [0.5, 0.6) is 0 Å². The lowest BCUT2D eigenvalue weighted by Crippen LogP contribution is -2.38. The molecule has 0 heterocycles. The zero-order valence-electron chi connectivity index (χ0n) is 4.61. The van der Waals surface area contributed by atoms with Crippen molar-refractivity contribution in [3.05, 3.63) is 0 Å². The molecule has 1 fully saturated rings. The Morgan fingerprint density at radius 1 is 1.62 bits per heavy atom. The van der Waals surface area contributed by atoms with Crippen molar-refractivity contribution >= 4 is 17.3 Å². The molecule has 45 valence electrons. The number of nitrogens with one attached hydrogen (secondary N) is 2. The molecule has 0 spiro atoms. The predicted molar refractivity (Wildman–Crippen MR) is 36.5 cm³/mol. The fourth-order valence-corrected chi connectivity index (χ4v) is 0.905. The van der Waals surface area contributed by atoms with Gasteiger partial charge >= 0.3 is 0 Å². The second-order valence-electron chi connectivity index (χ2n) is 2.10. The number of hydrogen-bond acceptors (Lipinski definition) is 1. The average Bonchev–Trinajstić information content (AvgIpc) is 1.55. The van der Waals surface area contributed by atoms with Gasteiger partial charge in [0.05, 0.1) is 0 Å². The molecule has 0 aromatic heterocycles. The van der Waals surface area contributed by atoms with Crippen LogP contribution in [0.15, 0.2) is 0 Å². The molecule has 0 unspecified atom stereocenters. The second kappa shape index (κ2) is 2.31. The molecule has 8 heavy (non-hydrogen) atoms. The van der Waals surface area contributed by atoms with Crippen molar-refractivity contribution in [2.75, 3.05) is 0 Å². The fraction of sp³-hybridized carbons (Fsp3) is 0.800. The van der Waals surface area contributed by atoms with Crippen molar-refractivity contribution in [1.82, 2.24) is 11.1 Å². The maximum atomic E-state index is 6.87. The molecule has 1 radical (unpaired) electrons. The number of thiocarbonyl (C=S) groups is 1. The molecular formula is C5H9N2S. The monoisotopic (exact) mass is 129 g/mol. The van der Waals surface area contributed by atoms with E-state index in [1.807, 2.05) is 0 Å². The molecule has 0 aliphatic heterocycles. The Kier molecular flexibility index (Phi) is 1.68. The minimum Gasteiger partial charge on any atom is -0.359 e. The Labute approximate surface area is 54.4 Å². The summed E-state index contributed by atoms with van der Waals surface area (Å²) in [5.74, 6) is 0.